The molecule has 1 aliphatic heterocycles. The molecule has 1 N–H and O–H groups in total. The second-order valence-corrected chi connectivity index (χ2v) is 4.84. The van der Waals surface area contributed by atoms with Gasteiger partial charge in [0.2, 0.25) is 0 Å². The predicted octanol–water partition coefficient (Wildman–Crippen LogP) is 3.50. The molecular weight excluding hydrogens is 236 g/mol. The summed E-state index contributed by atoms with van der Waals surface area (Å²) in [5, 5.41) is 3.02. The first-order chi connectivity index (χ1) is 8.63. The van der Waals surface area contributed by atoms with Crippen LogP contribution in [0.3, 0.4) is 0 Å². The fourth-order valence-electron chi connectivity index (χ4n) is 2.40. The van der Waals surface area contributed by atoms with E-state index in [2.05, 4.69) is 5.32 Å². The lowest BCUT2D eigenvalue weighted by atomic mass is 9.96. The molecule has 2 atom stereocenters. The third kappa shape index (κ3) is 2.64. The van der Waals surface area contributed by atoms with Gasteiger partial charge in [0.25, 0.3) is 0 Å². The summed E-state index contributed by atoms with van der Waals surface area (Å²) in [5.74, 6) is -0.697. The van der Waals surface area contributed by atoms with Gasteiger partial charge >= 0.3 is 0 Å². The van der Waals surface area contributed by atoms with Crippen LogP contribution in [0.15, 0.2) is 12.1 Å². The fraction of sp³-hybridized carbons (Fsp3) is 0.571. The zero-order valence-electron chi connectivity index (χ0n) is 10.8. The fourth-order valence-corrected chi connectivity index (χ4v) is 2.40. The number of hydrogen-bond acceptors (Lipinski definition) is 2. The lowest BCUT2D eigenvalue weighted by Crippen LogP contribution is -2.29. The van der Waals surface area contributed by atoms with Crippen molar-refractivity contribution >= 4 is 5.69 Å². The summed E-state index contributed by atoms with van der Waals surface area (Å²) in [6.45, 7) is 5.06. The number of benzene rings is 1. The maximum atomic E-state index is 13.9. The lowest BCUT2D eigenvalue weighted by molar-refractivity contribution is 0.181. The number of ether oxygens (including phenoxy) is 1. The first-order valence-electron chi connectivity index (χ1n) is 6.42. The lowest BCUT2D eigenvalue weighted by Gasteiger charge is -2.24. The molecule has 100 valence electrons. The van der Waals surface area contributed by atoms with Crippen molar-refractivity contribution in [1.29, 1.82) is 0 Å². The van der Waals surface area contributed by atoms with E-state index in [1.54, 1.807) is 6.92 Å². The molecule has 4 heteroatoms. The Labute approximate surface area is 106 Å². The van der Waals surface area contributed by atoms with E-state index in [9.17, 15) is 8.78 Å². The Morgan fingerprint density at radius 3 is 2.83 bits per heavy atom. The summed E-state index contributed by atoms with van der Waals surface area (Å²) >= 11 is 0. The van der Waals surface area contributed by atoms with E-state index in [0.717, 1.165) is 19.4 Å². The Morgan fingerprint density at radius 2 is 2.22 bits per heavy atom. The van der Waals surface area contributed by atoms with Crippen LogP contribution in [0.4, 0.5) is 14.5 Å². The third-order valence-electron chi connectivity index (χ3n) is 3.59. The number of aryl methyl sites for hydroxylation is 1. The van der Waals surface area contributed by atoms with Crippen LogP contribution in [-0.2, 0) is 4.74 Å². The van der Waals surface area contributed by atoms with Crippen LogP contribution in [0.25, 0.3) is 0 Å². The van der Waals surface area contributed by atoms with Crippen molar-refractivity contribution < 1.29 is 13.5 Å². The van der Waals surface area contributed by atoms with E-state index < -0.39 is 11.6 Å². The van der Waals surface area contributed by atoms with Gasteiger partial charge in [-0.15, -0.1) is 0 Å². The average Bonchev–Trinajstić information content (AvgIpc) is 2.88. The maximum absolute atomic E-state index is 13.9. The maximum Gasteiger partial charge on any atom is 0.152 e. The van der Waals surface area contributed by atoms with E-state index in [4.69, 9.17) is 4.74 Å². The number of nitrogens with one attached hydrogen (secondary N) is 1. The molecule has 0 amide bonds. The second-order valence-electron chi connectivity index (χ2n) is 4.84. The Balaban J connectivity index is 2.18. The van der Waals surface area contributed by atoms with Gasteiger partial charge in [-0.1, -0.05) is 13.0 Å². The quantitative estimate of drug-likeness (QED) is 0.889. The smallest absolute Gasteiger partial charge is 0.152 e. The number of halogens is 2. The first kappa shape index (κ1) is 13.3. The van der Waals surface area contributed by atoms with Gasteiger partial charge in [0.15, 0.2) is 5.82 Å². The van der Waals surface area contributed by atoms with Crippen molar-refractivity contribution in [3.8, 4) is 0 Å². The molecule has 0 aromatic heterocycles. The van der Waals surface area contributed by atoms with Crippen molar-refractivity contribution in [2.24, 2.45) is 5.92 Å². The average molecular weight is 255 g/mol. The predicted molar refractivity (Wildman–Crippen MR) is 67.7 cm³/mol. The molecular formula is C14H19F2NO. The summed E-state index contributed by atoms with van der Waals surface area (Å²) < 4.78 is 32.9. The molecule has 0 spiro atoms. The van der Waals surface area contributed by atoms with Gasteiger partial charge < -0.3 is 10.1 Å². The minimum atomic E-state index is -0.532. The third-order valence-corrected chi connectivity index (χ3v) is 3.59. The van der Waals surface area contributed by atoms with Crippen LogP contribution in [0.1, 0.15) is 25.3 Å². The highest BCUT2D eigenvalue weighted by atomic mass is 19.1. The topological polar surface area (TPSA) is 21.3 Å². The molecule has 2 rings (SSSR count). The molecule has 2 nitrogen and oxygen atoms in total. The first-order valence-corrected chi connectivity index (χ1v) is 6.42. The summed E-state index contributed by atoms with van der Waals surface area (Å²) in [5.41, 5.74) is 0.449. The Kier molecular flexibility index (Phi) is 4.17. The van der Waals surface area contributed by atoms with Gasteiger partial charge in [-0.25, -0.2) is 8.78 Å². The van der Waals surface area contributed by atoms with Gasteiger partial charge in [0, 0.05) is 18.6 Å². The zero-order chi connectivity index (χ0) is 13.1. The molecule has 1 fully saturated rings. The van der Waals surface area contributed by atoms with Crippen LogP contribution < -0.4 is 5.32 Å². The molecule has 0 aliphatic carbocycles. The van der Waals surface area contributed by atoms with Crippen molar-refractivity contribution in [2.75, 3.05) is 18.5 Å². The van der Waals surface area contributed by atoms with E-state index >= 15 is 0 Å². The molecule has 1 saturated heterocycles. The number of rotatable bonds is 4. The summed E-state index contributed by atoms with van der Waals surface area (Å²) in [4.78, 5) is 0. The molecule has 2 unspecified atom stereocenters. The van der Waals surface area contributed by atoms with E-state index in [1.165, 1.54) is 12.1 Å². The normalized spacial score (nSPS) is 21.0. The number of hydrogen-bond donors (Lipinski definition) is 1. The van der Waals surface area contributed by atoms with Crippen molar-refractivity contribution in [1.82, 2.24) is 0 Å². The Hall–Kier alpha value is -1.16. The summed E-state index contributed by atoms with van der Waals surface area (Å²) in [6, 6.07) is 2.81. The highest BCUT2D eigenvalue weighted by molar-refractivity contribution is 5.49. The molecule has 0 radical (unpaired) electrons. The van der Waals surface area contributed by atoms with Gasteiger partial charge in [0.05, 0.1) is 6.61 Å². The Bertz CT molecular complexity index is 417. The monoisotopic (exact) mass is 255 g/mol. The highest BCUT2D eigenvalue weighted by Gasteiger charge is 2.26. The van der Waals surface area contributed by atoms with Gasteiger partial charge in [-0.05, 0) is 31.4 Å². The SMILES string of the molecule is CCC(Nc1c(F)ccc(C)c1F)C1CCOC1. The molecule has 0 saturated carbocycles. The molecule has 1 aromatic carbocycles. The van der Waals surface area contributed by atoms with Crippen LogP contribution >= 0.6 is 0 Å². The molecule has 1 heterocycles. The van der Waals surface area contributed by atoms with Crippen LogP contribution in [0.5, 0.6) is 0 Å². The summed E-state index contributed by atoms with van der Waals surface area (Å²) in [6.07, 6.45) is 1.77. The van der Waals surface area contributed by atoms with E-state index in [1.807, 2.05) is 6.92 Å². The van der Waals surface area contributed by atoms with Gasteiger partial charge in [-0.3, -0.25) is 0 Å². The molecule has 18 heavy (non-hydrogen) atoms. The minimum Gasteiger partial charge on any atom is -0.381 e. The zero-order valence-corrected chi connectivity index (χ0v) is 10.8. The second kappa shape index (κ2) is 5.65. The Morgan fingerprint density at radius 1 is 1.44 bits per heavy atom. The van der Waals surface area contributed by atoms with Crippen molar-refractivity contribution in [3.63, 3.8) is 0 Å². The van der Waals surface area contributed by atoms with Crippen LogP contribution in [0.2, 0.25) is 0 Å². The van der Waals surface area contributed by atoms with E-state index in [0.29, 0.717) is 18.1 Å². The molecule has 0 bridgehead atoms. The minimum absolute atomic E-state index is 0.00579. The number of anilines is 1. The van der Waals surface area contributed by atoms with Crippen molar-refractivity contribution in [2.45, 2.75) is 32.7 Å². The summed E-state index contributed by atoms with van der Waals surface area (Å²) in [7, 11) is 0. The largest absolute Gasteiger partial charge is 0.381 e. The van der Waals surface area contributed by atoms with Gasteiger partial charge in [-0.2, -0.15) is 0 Å². The highest BCUT2D eigenvalue weighted by Crippen LogP contribution is 2.27. The molecule has 1 aliphatic rings. The standard InChI is InChI=1S/C14H19F2NO/c1-3-12(10-6-7-18-8-10)17-14-11(15)5-4-9(2)13(14)16/h4-5,10,12,17H,3,6-8H2,1-2H3. The van der Waals surface area contributed by atoms with Crippen molar-refractivity contribution in [3.05, 3.63) is 29.3 Å². The van der Waals surface area contributed by atoms with Crippen LogP contribution in [0, 0.1) is 24.5 Å². The van der Waals surface area contributed by atoms with Gasteiger partial charge in [0.1, 0.15) is 11.5 Å². The van der Waals surface area contributed by atoms with Crippen LogP contribution in [-0.4, -0.2) is 19.3 Å². The molecule has 1 aromatic rings. The van der Waals surface area contributed by atoms with E-state index in [-0.39, 0.29) is 11.7 Å².